The minimum absolute atomic E-state index is 0.0344. The van der Waals surface area contributed by atoms with E-state index in [1.807, 2.05) is 28.8 Å². The number of amides is 2. The van der Waals surface area contributed by atoms with E-state index in [2.05, 4.69) is 10.3 Å². The van der Waals surface area contributed by atoms with Crippen LogP contribution in [-0.4, -0.2) is 41.1 Å². The lowest BCUT2D eigenvalue weighted by Crippen LogP contribution is -2.37. The number of hydrogen-bond donors (Lipinski definition) is 1. The minimum atomic E-state index is -4.98. The molecule has 13 heteroatoms. The molecule has 6 nitrogen and oxygen atoms in total. The lowest BCUT2D eigenvalue weighted by Gasteiger charge is -2.19. The summed E-state index contributed by atoms with van der Waals surface area (Å²) >= 11 is 0. The van der Waals surface area contributed by atoms with Gasteiger partial charge in [-0.3, -0.25) is 0 Å². The maximum atomic E-state index is 13.4. The highest BCUT2D eigenvalue weighted by Gasteiger charge is 2.36. The van der Waals surface area contributed by atoms with Crippen molar-refractivity contribution in [1.82, 2.24) is 19.8 Å². The predicted molar refractivity (Wildman–Crippen MR) is 144 cm³/mol. The molecule has 0 aliphatic rings. The van der Waals surface area contributed by atoms with Crippen LogP contribution in [0.2, 0.25) is 0 Å². The van der Waals surface area contributed by atoms with Gasteiger partial charge < -0.3 is 19.7 Å². The van der Waals surface area contributed by atoms with Crippen LogP contribution in [0.5, 0.6) is 0 Å². The second-order valence-electron chi connectivity index (χ2n) is 9.56. The number of anilines is 1. The molecule has 0 fully saturated rings. The summed E-state index contributed by atoms with van der Waals surface area (Å²) in [5.74, 6) is 0.234. The Morgan fingerprint density at radius 3 is 2.14 bits per heavy atom. The van der Waals surface area contributed by atoms with Crippen LogP contribution in [0.15, 0.2) is 79.0 Å². The zero-order chi connectivity index (χ0) is 30.7. The monoisotopic (exact) mass is 593 g/mol. The van der Waals surface area contributed by atoms with Crippen LogP contribution in [0.1, 0.15) is 22.3 Å². The number of halogens is 7. The molecule has 0 saturated carbocycles. The fourth-order valence-corrected chi connectivity index (χ4v) is 4.21. The Balaban J connectivity index is 1.42. The third-order valence-corrected chi connectivity index (χ3v) is 6.35. The zero-order valence-corrected chi connectivity index (χ0v) is 22.5. The summed E-state index contributed by atoms with van der Waals surface area (Å²) in [7, 11) is 3.18. The van der Waals surface area contributed by atoms with Crippen molar-refractivity contribution < 1.29 is 35.5 Å². The van der Waals surface area contributed by atoms with Gasteiger partial charge in [-0.15, -0.1) is 0 Å². The molecule has 0 aliphatic carbocycles. The van der Waals surface area contributed by atoms with Crippen molar-refractivity contribution in [2.45, 2.75) is 25.4 Å². The van der Waals surface area contributed by atoms with Crippen LogP contribution in [-0.2, 0) is 25.4 Å². The van der Waals surface area contributed by atoms with Crippen LogP contribution >= 0.6 is 0 Å². The van der Waals surface area contributed by atoms with E-state index in [0.717, 1.165) is 16.6 Å². The molecule has 3 aromatic carbocycles. The first-order chi connectivity index (χ1) is 19.7. The van der Waals surface area contributed by atoms with Crippen LogP contribution in [0.4, 0.5) is 41.5 Å². The second kappa shape index (κ2) is 12.1. The van der Waals surface area contributed by atoms with Crippen molar-refractivity contribution in [3.8, 4) is 0 Å². The highest BCUT2D eigenvalue weighted by molar-refractivity contribution is 5.79. The third kappa shape index (κ3) is 7.39. The van der Waals surface area contributed by atoms with E-state index in [0.29, 0.717) is 24.6 Å². The van der Waals surface area contributed by atoms with E-state index in [1.54, 1.807) is 36.4 Å². The zero-order valence-electron chi connectivity index (χ0n) is 22.5. The van der Waals surface area contributed by atoms with Gasteiger partial charge in [-0.2, -0.15) is 26.3 Å². The second-order valence-corrected chi connectivity index (χ2v) is 9.56. The Bertz CT molecular complexity index is 1540. The lowest BCUT2D eigenvalue weighted by atomic mass is 10.0. The van der Waals surface area contributed by atoms with Gasteiger partial charge in [0.1, 0.15) is 5.82 Å². The smallest absolute Gasteiger partial charge is 0.334 e. The molecule has 1 heterocycles. The molecule has 4 aromatic rings. The van der Waals surface area contributed by atoms with E-state index in [-0.39, 0.29) is 24.0 Å². The molecule has 0 unspecified atom stereocenters. The van der Waals surface area contributed by atoms with E-state index >= 15 is 0 Å². The Morgan fingerprint density at radius 2 is 1.52 bits per heavy atom. The highest BCUT2D eigenvalue weighted by Crippen LogP contribution is 2.36. The van der Waals surface area contributed by atoms with Gasteiger partial charge >= 0.3 is 18.4 Å². The fourth-order valence-electron chi connectivity index (χ4n) is 4.21. The molecule has 0 saturated heterocycles. The predicted octanol–water partition coefficient (Wildman–Crippen LogP) is 7.05. The van der Waals surface area contributed by atoms with E-state index in [1.165, 1.54) is 24.1 Å². The van der Waals surface area contributed by atoms with Gasteiger partial charge in [0.25, 0.3) is 0 Å². The van der Waals surface area contributed by atoms with Crippen molar-refractivity contribution in [2.24, 2.45) is 0 Å². The molecule has 42 heavy (non-hydrogen) atoms. The number of para-hydroxylation sites is 2. The standard InChI is InChI=1S/C29H26F7N5O/c1-39(26-38-24-6-3-4-7-25(24)41(26)18-19-8-10-23(30)11-9-19)12-5-13-40(2)27(42)37-17-20-14-21(28(31,32)33)16-22(15-20)29(34,35)36/h3-12,14-16H,13,17-18H2,1-2H3,(H,37,42). The van der Waals surface area contributed by atoms with Crippen LogP contribution < -0.4 is 10.2 Å². The molecule has 0 aliphatic heterocycles. The van der Waals surface area contributed by atoms with E-state index in [4.69, 9.17) is 0 Å². The number of hydrogen-bond acceptors (Lipinski definition) is 3. The van der Waals surface area contributed by atoms with Crippen molar-refractivity contribution in [3.05, 3.63) is 107 Å². The molecule has 0 spiro atoms. The van der Waals surface area contributed by atoms with Gasteiger partial charge in [-0.25, -0.2) is 14.2 Å². The SMILES string of the molecule is CN(CC=CN(C)c1nc2ccccc2n1Cc1ccc(F)cc1)C(=O)NCc1cc(C(F)(F)F)cc(C(F)(F)F)c1. The summed E-state index contributed by atoms with van der Waals surface area (Å²) in [6, 6.07) is 14.1. The number of nitrogens with zero attached hydrogens (tertiary/aromatic N) is 4. The van der Waals surface area contributed by atoms with Crippen molar-refractivity contribution in [3.63, 3.8) is 0 Å². The Kier molecular flexibility index (Phi) is 8.78. The number of aromatic nitrogens is 2. The highest BCUT2D eigenvalue weighted by atomic mass is 19.4. The van der Waals surface area contributed by atoms with Crippen LogP contribution in [0.25, 0.3) is 11.0 Å². The number of alkyl halides is 6. The molecule has 0 atom stereocenters. The van der Waals surface area contributed by atoms with Gasteiger partial charge in [-0.1, -0.05) is 24.3 Å². The topological polar surface area (TPSA) is 53.4 Å². The van der Waals surface area contributed by atoms with Gasteiger partial charge in [0.15, 0.2) is 0 Å². The minimum Gasteiger partial charge on any atom is -0.334 e. The summed E-state index contributed by atoms with van der Waals surface area (Å²) in [4.78, 5) is 20.1. The largest absolute Gasteiger partial charge is 0.416 e. The van der Waals surface area contributed by atoms with Gasteiger partial charge in [0.2, 0.25) is 5.95 Å². The number of fused-ring (bicyclic) bond motifs is 1. The quantitative estimate of drug-likeness (QED) is 0.223. The molecule has 0 bridgehead atoms. The number of benzene rings is 3. The first-order valence-corrected chi connectivity index (χ1v) is 12.6. The normalized spacial score (nSPS) is 12.2. The molecular formula is C29H26F7N5O. The van der Waals surface area contributed by atoms with Gasteiger partial charge in [0.05, 0.1) is 28.7 Å². The Hall–Kier alpha value is -4.55. The lowest BCUT2D eigenvalue weighted by molar-refractivity contribution is -0.143. The number of likely N-dealkylation sites (N-methyl/N-ethyl adjacent to an activating group) is 1. The van der Waals surface area contributed by atoms with Crippen molar-refractivity contribution in [1.29, 1.82) is 0 Å². The average molecular weight is 594 g/mol. The van der Waals surface area contributed by atoms with E-state index in [9.17, 15) is 35.5 Å². The van der Waals surface area contributed by atoms with Gasteiger partial charge in [0, 0.05) is 33.4 Å². The molecular weight excluding hydrogens is 567 g/mol. The summed E-state index contributed by atoms with van der Waals surface area (Å²) in [6.45, 7) is -0.0415. The number of rotatable bonds is 8. The number of nitrogens with one attached hydrogen (secondary N) is 1. The maximum Gasteiger partial charge on any atom is 0.416 e. The van der Waals surface area contributed by atoms with E-state index < -0.39 is 36.1 Å². The first kappa shape index (κ1) is 30.4. The summed E-state index contributed by atoms with van der Waals surface area (Å²) in [5, 5.41) is 2.35. The summed E-state index contributed by atoms with van der Waals surface area (Å²) in [6.07, 6.45) is -6.64. The molecule has 4 rings (SSSR count). The average Bonchev–Trinajstić information content (AvgIpc) is 3.30. The third-order valence-electron chi connectivity index (χ3n) is 6.35. The molecule has 0 radical (unpaired) electrons. The molecule has 1 aromatic heterocycles. The Labute approximate surface area is 236 Å². The fraction of sp³-hybridized carbons (Fsp3) is 0.241. The molecule has 1 N–H and O–H groups in total. The van der Waals surface area contributed by atoms with Crippen LogP contribution in [0, 0.1) is 5.82 Å². The Morgan fingerprint density at radius 1 is 0.905 bits per heavy atom. The summed E-state index contributed by atoms with van der Waals surface area (Å²) in [5.41, 5.74) is -0.781. The number of carbonyl (C=O) groups is 1. The maximum absolute atomic E-state index is 13.4. The van der Waals surface area contributed by atoms with Crippen molar-refractivity contribution >= 4 is 23.0 Å². The first-order valence-electron chi connectivity index (χ1n) is 12.6. The van der Waals surface area contributed by atoms with Gasteiger partial charge in [-0.05, 0) is 59.7 Å². The number of urea groups is 1. The number of carbonyl (C=O) groups excluding carboxylic acids is 1. The summed E-state index contributed by atoms with van der Waals surface area (Å²) < 4.78 is 94.0. The molecule has 222 valence electrons. The number of imidazole rings is 1. The van der Waals surface area contributed by atoms with Crippen molar-refractivity contribution in [2.75, 3.05) is 25.5 Å². The van der Waals surface area contributed by atoms with Crippen LogP contribution in [0.3, 0.4) is 0 Å². The molecule has 2 amide bonds.